The molecule has 0 saturated carbocycles. The van der Waals surface area contributed by atoms with E-state index in [0.717, 1.165) is 12.0 Å². The van der Waals surface area contributed by atoms with E-state index in [0.29, 0.717) is 5.75 Å². The van der Waals surface area contributed by atoms with Crippen LogP contribution in [0.15, 0.2) is 48.5 Å². The molecule has 0 unspecified atom stereocenters. The fourth-order valence-corrected chi connectivity index (χ4v) is 2.67. The number of fused-ring (bicyclic) bond motifs is 1. The lowest BCUT2D eigenvalue weighted by atomic mass is 10.0. The zero-order valence-corrected chi connectivity index (χ0v) is 13.7. The first-order chi connectivity index (χ1) is 10.8. The fourth-order valence-electron chi connectivity index (χ4n) is 2.67. The molecule has 118 valence electrons. The number of phenols is 1. The summed E-state index contributed by atoms with van der Waals surface area (Å²) in [6.45, 7) is 2.25. The van der Waals surface area contributed by atoms with Gasteiger partial charge in [0.05, 0.1) is 0 Å². The zero-order chi connectivity index (χ0) is 15.6. The third kappa shape index (κ3) is 5.93. The minimum Gasteiger partial charge on any atom is -0.508 e. The van der Waals surface area contributed by atoms with Crippen LogP contribution in [0.2, 0.25) is 0 Å². The van der Waals surface area contributed by atoms with E-state index in [4.69, 9.17) is 0 Å². The van der Waals surface area contributed by atoms with E-state index < -0.39 is 0 Å². The summed E-state index contributed by atoms with van der Waals surface area (Å²) in [7, 11) is 0. The average molecular weight is 296 g/mol. The van der Waals surface area contributed by atoms with Crippen molar-refractivity contribution in [3.63, 3.8) is 0 Å². The van der Waals surface area contributed by atoms with Crippen LogP contribution in [0.1, 0.15) is 57.4 Å². The van der Waals surface area contributed by atoms with Crippen molar-refractivity contribution in [1.29, 1.82) is 0 Å². The van der Waals surface area contributed by atoms with Crippen molar-refractivity contribution in [2.24, 2.45) is 0 Å². The first kappa shape index (κ1) is 16.6. The van der Waals surface area contributed by atoms with Crippen molar-refractivity contribution < 1.29 is 5.11 Å². The molecule has 0 bridgehead atoms. The van der Waals surface area contributed by atoms with Gasteiger partial charge < -0.3 is 5.11 Å². The minimum absolute atomic E-state index is 0.452. The number of benzene rings is 2. The van der Waals surface area contributed by atoms with Gasteiger partial charge in [-0.1, -0.05) is 81.8 Å². The molecule has 1 nitrogen and oxygen atoms in total. The Balaban J connectivity index is 0.000000238. The molecule has 1 aromatic rings. The molecule has 0 saturated heterocycles. The second-order valence-electron chi connectivity index (χ2n) is 6.08. The molecule has 2 aliphatic carbocycles. The van der Waals surface area contributed by atoms with Crippen LogP contribution < -0.4 is 0 Å². The lowest BCUT2D eigenvalue weighted by Crippen LogP contribution is -1.87. The molecule has 1 heteroatoms. The molecule has 22 heavy (non-hydrogen) atoms. The van der Waals surface area contributed by atoms with Crippen molar-refractivity contribution in [3.8, 4) is 16.9 Å². The topological polar surface area (TPSA) is 20.2 Å². The van der Waals surface area contributed by atoms with Gasteiger partial charge in [-0.05, 0) is 41.7 Å². The van der Waals surface area contributed by atoms with Crippen LogP contribution in [-0.4, -0.2) is 5.11 Å². The molecule has 0 aliphatic heterocycles. The second kappa shape index (κ2) is 9.30. The summed E-state index contributed by atoms with van der Waals surface area (Å²) < 4.78 is 0. The molecule has 0 atom stereocenters. The van der Waals surface area contributed by atoms with E-state index in [1.165, 1.54) is 56.1 Å². The maximum Gasteiger partial charge on any atom is 0.118 e. The first-order valence-corrected chi connectivity index (χ1v) is 8.68. The van der Waals surface area contributed by atoms with E-state index in [1.807, 2.05) is 18.2 Å². The summed E-state index contributed by atoms with van der Waals surface area (Å²) in [6, 6.07) is 16.2. The number of hydrogen-bond acceptors (Lipinski definition) is 1. The summed E-state index contributed by atoms with van der Waals surface area (Å²) in [4.78, 5) is 0. The van der Waals surface area contributed by atoms with Gasteiger partial charge in [-0.15, -0.1) is 0 Å². The molecular formula is C21H28O. The van der Waals surface area contributed by atoms with Gasteiger partial charge in [-0.3, -0.25) is 0 Å². The van der Waals surface area contributed by atoms with E-state index >= 15 is 0 Å². The van der Waals surface area contributed by atoms with Crippen LogP contribution in [0.4, 0.5) is 0 Å². The second-order valence-corrected chi connectivity index (χ2v) is 6.08. The van der Waals surface area contributed by atoms with Crippen LogP contribution in [0.3, 0.4) is 0 Å². The smallest absolute Gasteiger partial charge is 0.118 e. The zero-order valence-electron chi connectivity index (χ0n) is 13.7. The molecule has 0 fully saturated rings. The van der Waals surface area contributed by atoms with Crippen LogP contribution in [-0.2, 0) is 6.42 Å². The molecule has 0 spiro atoms. The van der Waals surface area contributed by atoms with Crippen LogP contribution in [0.5, 0.6) is 5.75 Å². The van der Waals surface area contributed by atoms with Gasteiger partial charge in [-0.25, -0.2) is 0 Å². The summed E-state index contributed by atoms with van der Waals surface area (Å²) in [6.07, 6.45) is 10.3. The largest absolute Gasteiger partial charge is 0.508 e. The molecule has 0 heterocycles. The monoisotopic (exact) mass is 296 g/mol. The number of aromatic hydroxyl groups is 1. The molecule has 1 aromatic carbocycles. The SMILES string of the molecule is CCCCCCCCCc1ccccc1O.c1cc2cc-2c1. The van der Waals surface area contributed by atoms with Crippen LogP contribution in [0.25, 0.3) is 11.1 Å². The third-order valence-electron chi connectivity index (χ3n) is 4.15. The van der Waals surface area contributed by atoms with Crippen molar-refractivity contribution >= 4 is 0 Å². The number of aryl methyl sites for hydroxylation is 1. The number of para-hydroxylation sites is 1. The first-order valence-electron chi connectivity index (χ1n) is 8.68. The Bertz CT molecular complexity index is 542. The third-order valence-corrected chi connectivity index (χ3v) is 4.15. The lowest BCUT2D eigenvalue weighted by Gasteiger charge is -2.04. The molecule has 0 radical (unpaired) electrons. The summed E-state index contributed by atoms with van der Waals surface area (Å²) in [5.41, 5.74) is 3.95. The minimum atomic E-state index is 0.452. The van der Waals surface area contributed by atoms with Gasteiger partial charge >= 0.3 is 0 Å². The fraction of sp³-hybridized carbons (Fsp3) is 0.429. The summed E-state index contributed by atoms with van der Waals surface area (Å²) >= 11 is 0. The predicted octanol–water partition coefficient (Wildman–Crippen LogP) is 6.35. The molecule has 2 aliphatic rings. The lowest BCUT2D eigenvalue weighted by molar-refractivity contribution is 0.466. The number of phenolic OH excluding ortho intramolecular Hbond substituents is 1. The van der Waals surface area contributed by atoms with Crippen LogP contribution in [0, 0.1) is 0 Å². The highest BCUT2D eigenvalue weighted by Gasteiger charge is 2.07. The Morgan fingerprint density at radius 1 is 0.727 bits per heavy atom. The average Bonchev–Trinajstić information content (AvgIpc) is 3.14. The molecular weight excluding hydrogens is 268 g/mol. The Morgan fingerprint density at radius 2 is 1.36 bits per heavy atom. The summed E-state index contributed by atoms with van der Waals surface area (Å²) in [5, 5.41) is 9.58. The van der Waals surface area contributed by atoms with E-state index in [9.17, 15) is 5.11 Å². The number of unbranched alkanes of at least 4 members (excludes halogenated alkanes) is 6. The maximum absolute atomic E-state index is 9.58. The Labute approximate surface area is 135 Å². The van der Waals surface area contributed by atoms with Gasteiger partial charge in [0.25, 0.3) is 0 Å². The van der Waals surface area contributed by atoms with Gasteiger partial charge in [-0.2, -0.15) is 0 Å². The Morgan fingerprint density at radius 3 is 1.91 bits per heavy atom. The Hall–Kier alpha value is -1.76. The Kier molecular flexibility index (Phi) is 7.02. The van der Waals surface area contributed by atoms with Gasteiger partial charge in [0, 0.05) is 0 Å². The molecule has 0 amide bonds. The van der Waals surface area contributed by atoms with Gasteiger partial charge in [0.2, 0.25) is 0 Å². The van der Waals surface area contributed by atoms with Crippen molar-refractivity contribution in [2.75, 3.05) is 0 Å². The van der Waals surface area contributed by atoms with Gasteiger partial charge in [0.1, 0.15) is 5.75 Å². The quantitative estimate of drug-likeness (QED) is 0.480. The molecule has 1 N–H and O–H groups in total. The van der Waals surface area contributed by atoms with E-state index in [1.54, 1.807) is 6.07 Å². The highest BCUT2D eigenvalue weighted by atomic mass is 16.3. The maximum atomic E-state index is 9.58. The highest BCUT2D eigenvalue weighted by molar-refractivity contribution is 5.80. The standard InChI is InChI=1S/C15H24O.C6H4/c1-2-3-4-5-6-7-8-11-14-12-9-10-13-15(14)16;1-2-5-4-6(5)3-1/h9-10,12-13,16H,2-8,11H2,1H3;1-4H. The van der Waals surface area contributed by atoms with Crippen molar-refractivity contribution in [1.82, 2.24) is 0 Å². The normalized spacial score (nSPS) is 10.8. The van der Waals surface area contributed by atoms with E-state index in [-0.39, 0.29) is 0 Å². The van der Waals surface area contributed by atoms with Crippen molar-refractivity contribution in [3.05, 3.63) is 54.1 Å². The number of hydrogen-bond donors (Lipinski definition) is 1. The highest BCUT2D eigenvalue weighted by Crippen LogP contribution is 2.32. The van der Waals surface area contributed by atoms with E-state index in [2.05, 4.69) is 31.2 Å². The van der Waals surface area contributed by atoms with Crippen LogP contribution >= 0.6 is 0 Å². The van der Waals surface area contributed by atoms with Gasteiger partial charge in [0.15, 0.2) is 0 Å². The predicted molar refractivity (Wildman–Crippen MR) is 95.2 cm³/mol. The van der Waals surface area contributed by atoms with Crippen molar-refractivity contribution in [2.45, 2.75) is 58.3 Å². The summed E-state index contributed by atoms with van der Waals surface area (Å²) in [5.74, 6) is 0.452. The number of rotatable bonds is 8. The molecule has 3 rings (SSSR count). The molecule has 0 aromatic heterocycles.